The summed E-state index contributed by atoms with van der Waals surface area (Å²) in [5.74, 6) is 0.129. The molecular weight excluding hydrogens is 425 g/mol. The van der Waals surface area contributed by atoms with E-state index in [1.165, 1.54) is 6.07 Å². The number of hydrogen-bond donors (Lipinski definition) is 0. The molecule has 0 radical (unpaired) electrons. The zero-order valence-electron chi connectivity index (χ0n) is 16.2. The van der Waals surface area contributed by atoms with Gasteiger partial charge in [0.2, 0.25) is 0 Å². The van der Waals surface area contributed by atoms with Gasteiger partial charge in [0.05, 0.1) is 37.5 Å². The highest BCUT2D eigenvalue weighted by molar-refractivity contribution is 6.31. The molecule has 6 nitrogen and oxygen atoms in total. The lowest BCUT2D eigenvalue weighted by atomic mass is 9.88. The average Bonchev–Trinajstić information content (AvgIpc) is 2.66. The number of benzene rings is 1. The molecule has 1 aromatic rings. The van der Waals surface area contributed by atoms with Gasteiger partial charge in [-0.05, 0) is 24.1 Å². The molecule has 2 amide bonds. The minimum Gasteiger partial charge on any atom is -0.370 e. The summed E-state index contributed by atoms with van der Waals surface area (Å²) in [4.78, 5) is 27.7. The van der Waals surface area contributed by atoms with Gasteiger partial charge in [0, 0.05) is 30.5 Å². The maximum Gasteiger partial charge on any atom is 0.416 e. The molecule has 3 heterocycles. The van der Waals surface area contributed by atoms with Crippen LogP contribution in [0.1, 0.15) is 24.0 Å². The lowest BCUT2D eigenvalue weighted by molar-refractivity contribution is -0.140. The minimum atomic E-state index is -4.44. The number of hydrogen-bond acceptors (Lipinski definition) is 4. The normalized spacial score (nSPS) is 25.1. The number of amides is 2. The Balaban J connectivity index is 1.23. The Morgan fingerprint density at radius 3 is 2.70 bits per heavy atom. The number of urea groups is 1. The molecule has 0 unspecified atom stereocenters. The quantitative estimate of drug-likeness (QED) is 0.714. The van der Waals surface area contributed by atoms with E-state index in [-0.39, 0.29) is 48.2 Å². The molecule has 0 saturated carbocycles. The van der Waals surface area contributed by atoms with E-state index in [2.05, 4.69) is 0 Å². The summed E-state index contributed by atoms with van der Waals surface area (Å²) in [5.41, 5.74) is -0.330. The molecule has 3 aliphatic rings. The fourth-order valence-electron chi connectivity index (χ4n) is 4.10. The van der Waals surface area contributed by atoms with E-state index in [9.17, 15) is 22.8 Å². The largest absolute Gasteiger partial charge is 0.416 e. The Kier molecular flexibility index (Phi) is 5.96. The van der Waals surface area contributed by atoms with Crippen molar-refractivity contribution in [1.82, 2.24) is 9.80 Å². The first-order valence-corrected chi connectivity index (χ1v) is 10.2. The second-order valence-corrected chi connectivity index (χ2v) is 8.42. The Labute approximate surface area is 176 Å². The van der Waals surface area contributed by atoms with E-state index in [4.69, 9.17) is 21.1 Å². The zero-order chi connectivity index (χ0) is 21.5. The van der Waals surface area contributed by atoms with Crippen LogP contribution in [0.2, 0.25) is 5.02 Å². The van der Waals surface area contributed by atoms with Crippen LogP contribution < -0.4 is 0 Å². The van der Waals surface area contributed by atoms with Crippen molar-refractivity contribution in [2.24, 2.45) is 5.92 Å². The standard InChI is InChI=1S/C20H22ClF3N2O4/c21-17-6-14(20(22,23)24)2-1-12(17)10-29-16-8-26(9-16)19(28)25-4-3-18-13(7-25)5-15(27)11-30-18/h1-2,6,13,16,18H,3-5,7-11H2/t13-,18+/m1/s1. The lowest BCUT2D eigenvalue weighted by Crippen LogP contribution is -2.61. The van der Waals surface area contributed by atoms with Crippen LogP contribution in [0.15, 0.2) is 18.2 Å². The molecule has 0 aromatic heterocycles. The molecule has 0 bridgehead atoms. The number of alkyl halides is 3. The maximum absolute atomic E-state index is 12.7. The summed E-state index contributed by atoms with van der Waals surface area (Å²) in [6.45, 7) is 2.18. The fourth-order valence-corrected chi connectivity index (χ4v) is 4.33. The van der Waals surface area contributed by atoms with Gasteiger partial charge >= 0.3 is 12.2 Å². The molecule has 0 spiro atoms. The van der Waals surface area contributed by atoms with Gasteiger partial charge in [-0.3, -0.25) is 4.79 Å². The van der Waals surface area contributed by atoms with Gasteiger partial charge in [-0.15, -0.1) is 0 Å². The van der Waals surface area contributed by atoms with Crippen molar-refractivity contribution < 1.29 is 32.2 Å². The third kappa shape index (κ3) is 4.58. The Hall–Kier alpha value is -1.84. The predicted molar refractivity (Wildman–Crippen MR) is 101 cm³/mol. The SMILES string of the molecule is O=C1CO[C@H]2CCN(C(=O)N3CC(OCc4ccc(C(F)(F)F)cc4Cl)C3)C[C@H]2C1. The highest BCUT2D eigenvalue weighted by Crippen LogP contribution is 2.33. The highest BCUT2D eigenvalue weighted by Gasteiger charge is 2.40. The Morgan fingerprint density at radius 1 is 1.23 bits per heavy atom. The van der Waals surface area contributed by atoms with Crippen LogP contribution >= 0.6 is 11.6 Å². The van der Waals surface area contributed by atoms with Crippen molar-refractivity contribution in [3.05, 3.63) is 34.3 Å². The zero-order valence-corrected chi connectivity index (χ0v) is 16.9. The van der Waals surface area contributed by atoms with Crippen molar-refractivity contribution in [1.29, 1.82) is 0 Å². The molecule has 0 N–H and O–H groups in total. The van der Waals surface area contributed by atoms with Crippen LogP contribution in [0.4, 0.5) is 18.0 Å². The monoisotopic (exact) mass is 446 g/mol. The van der Waals surface area contributed by atoms with Gasteiger partial charge in [-0.25, -0.2) is 4.79 Å². The number of Topliss-reactive ketones (excluding diaryl/α,β-unsaturated/α-hetero) is 1. The summed E-state index contributed by atoms with van der Waals surface area (Å²) in [6, 6.07) is 3.09. The molecule has 2 atom stereocenters. The number of likely N-dealkylation sites (tertiary alicyclic amines) is 2. The number of nitrogens with zero attached hydrogens (tertiary/aromatic N) is 2. The third-order valence-electron chi connectivity index (χ3n) is 5.86. The molecule has 0 aliphatic carbocycles. The Morgan fingerprint density at radius 2 is 2.00 bits per heavy atom. The number of rotatable bonds is 3. The van der Waals surface area contributed by atoms with Gasteiger partial charge in [0.1, 0.15) is 6.61 Å². The fraction of sp³-hybridized carbons (Fsp3) is 0.600. The number of fused-ring (bicyclic) bond motifs is 1. The Bertz CT molecular complexity index is 829. The number of ketones is 1. The molecule has 3 aliphatic heterocycles. The van der Waals surface area contributed by atoms with Crippen LogP contribution in [-0.2, 0) is 27.1 Å². The molecular formula is C20H22ClF3N2O4. The molecule has 4 rings (SSSR count). The van der Waals surface area contributed by atoms with Crippen molar-refractivity contribution in [3.8, 4) is 0 Å². The van der Waals surface area contributed by atoms with E-state index < -0.39 is 11.7 Å². The number of piperidine rings is 1. The van der Waals surface area contributed by atoms with E-state index in [0.717, 1.165) is 18.6 Å². The first kappa shape index (κ1) is 21.4. The van der Waals surface area contributed by atoms with Gasteiger partial charge in [-0.1, -0.05) is 17.7 Å². The van der Waals surface area contributed by atoms with Crippen molar-refractivity contribution in [2.75, 3.05) is 32.8 Å². The number of halogens is 4. The molecule has 164 valence electrons. The molecule has 30 heavy (non-hydrogen) atoms. The third-order valence-corrected chi connectivity index (χ3v) is 6.21. The van der Waals surface area contributed by atoms with E-state index >= 15 is 0 Å². The molecule has 10 heteroatoms. The van der Waals surface area contributed by atoms with Crippen molar-refractivity contribution in [3.63, 3.8) is 0 Å². The minimum absolute atomic E-state index is 0.00389. The van der Waals surface area contributed by atoms with Crippen molar-refractivity contribution in [2.45, 2.75) is 37.8 Å². The highest BCUT2D eigenvalue weighted by atomic mass is 35.5. The van der Waals surface area contributed by atoms with E-state index in [1.54, 1.807) is 9.80 Å². The maximum atomic E-state index is 12.7. The molecule has 3 fully saturated rings. The second-order valence-electron chi connectivity index (χ2n) is 8.01. The second kappa shape index (κ2) is 8.36. The summed E-state index contributed by atoms with van der Waals surface area (Å²) in [7, 11) is 0. The van der Waals surface area contributed by atoms with Crippen LogP contribution in [-0.4, -0.2) is 66.6 Å². The van der Waals surface area contributed by atoms with Crippen LogP contribution in [0.3, 0.4) is 0 Å². The topological polar surface area (TPSA) is 59.1 Å². The number of carbonyl (C=O) groups is 2. The van der Waals surface area contributed by atoms with Gasteiger partial charge < -0.3 is 19.3 Å². The van der Waals surface area contributed by atoms with Crippen molar-refractivity contribution >= 4 is 23.4 Å². The van der Waals surface area contributed by atoms with Gasteiger partial charge in [0.15, 0.2) is 5.78 Å². The predicted octanol–water partition coefficient (Wildman–Crippen LogP) is 3.36. The van der Waals surface area contributed by atoms with Crippen LogP contribution in [0.5, 0.6) is 0 Å². The molecule has 3 saturated heterocycles. The summed E-state index contributed by atoms with van der Waals surface area (Å²) in [5, 5.41) is 0.00389. The lowest BCUT2D eigenvalue weighted by Gasteiger charge is -2.45. The summed E-state index contributed by atoms with van der Waals surface area (Å²) >= 11 is 5.94. The van der Waals surface area contributed by atoms with Gasteiger partial charge in [0.25, 0.3) is 0 Å². The van der Waals surface area contributed by atoms with Crippen LogP contribution in [0, 0.1) is 5.92 Å². The first-order valence-electron chi connectivity index (χ1n) is 9.85. The number of ether oxygens (including phenoxy) is 2. The molecule has 1 aromatic carbocycles. The number of carbonyl (C=O) groups excluding carboxylic acids is 2. The first-order chi connectivity index (χ1) is 14.2. The van der Waals surface area contributed by atoms with Crippen LogP contribution in [0.25, 0.3) is 0 Å². The summed E-state index contributed by atoms with van der Waals surface area (Å²) in [6.07, 6.45) is -3.40. The average molecular weight is 447 g/mol. The van der Waals surface area contributed by atoms with Gasteiger partial charge in [-0.2, -0.15) is 13.2 Å². The smallest absolute Gasteiger partial charge is 0.370 e. The summed E-state index contributed by atoms with van der Waals surface area (Å²) < 4.78 is 49.4. The van der Waals surface area contributed by atoms with E-state index in [1.807, 2.05) is 0 Å². The van der Waals surface area contributed by atoms with E-state index in [0.29, 0.717) is 38.2 Å².